The van der Waals surface area contributed by atoms with Crippen LogP contribution in [0.25, 0.3) is 0 Å². The van der Waals surface area contributed by atoms with Crippen molar-refractivity contribution in [2.45, 2.75) is 38.5 Å². The molecule has 7 nitrogen and oxygen atoms in total. The smallest absolute Gasteiger partial charge is 0.234 e. The third-order valence-electron chi connectivity index (χ3n) is 3.89. The van der Waals surface area contributed by atoms with E-state index in [9.17, 15) is 4.79 Å². The summed E-state index contributed by atoms with van der Waals surface area (Å²) in [6.07, 6.45) is 2.22. The van der Waals surface area contributed by atoms with Crippen LogP contribution >= 0.6 is 11.8 Å². The molecule has 0 bridgehead atoms. The van der Waals surface area contributed by atoms with Crippen LogP contribution in [0.3, 0.4) is 0 Å². The number of carbonyl (C=O) groups is 1. The van der Waals surface area contributed by atoms with Crippen LogP contribution < -0.4 is 10.1 Å². The first-order chi connectivity index (χ1) is 12.6. The first-order valence-electron chi connectivity index (χ1n) is 8.62. The molecule has 1 aromatic heterocycles. The van der Waals surface area contributed by atoms with E-state index in [1.165, 1.54) is 11.8 Å². The van der Waals surface area contributed by atoms with E-state index in [1.54, 1.807) is 6.92 Å². The summed E-state index contributed by atoms with van der Waals surface area (Å²) in [6.45, 7) is 5.03. The van der Waals surface area contributed by atoms with Gasteiger partial charge in [0, 0.05) is 13.5 Å². The molecular weight excluding hydrogens is 354 g/mol. The van der Waals surface area contributed by atoms with Crippen LogP contribution in [-0.2, 0) is 15.3 Å². The van der Waals surface area contributed by atoms with Gasteiger partial charge in [-0.05, 0) is 37.5 Å². The molecule has 1 amide bonds. The van der Waals surface area contributed by atoms with Gasteiger partial charge >= 0.3 is 0 Å². The third kappa shape index (κ3) is 5.47. The standard InChI is InChI=1S/C18H23N3O4S/c1-12-5-6-15(16(8-12)24-9-14-4-3-7-23-14)20-18(22)11-26-10-17-19-13(2)25-21-17/h5-6,8,14H,3-4,7,9-11H2,1-2H3,(H,20,22). The lowest BCUT2D eigenvalue weighted by Crippen LogP contribution is -2.19. The Morgan fingerprint density at radius 3 is 3.04 bits per heavy atom. The molecule has 1 aliphatic rings. The highest BCUT2D eigenvalue weighted by Gasteiger charge is 2.17. The van der Waals surface area contributed by atoms with Crippen LogP contribution in [0.1, 0.15) is 30.1 Å². The lowest BCUT2D eigenvalue weighted by molar-refractivity contribution is -0.113. The number of anilines is 1. The van der Waals surface area contributed by atoms with Gasteiger partial charge in [-0.1, -0.05) is 11.2 Å². The molecular formula is C18H23N3O4S. The van der Waals surface area contributed by atoms with Gasteiger partial charge in [0.2, 0.25) is 11.8 Å². The maximum Gasteiger partial charge on any atom is 0.234 e. The molecule has 140 valence electrons. The van der Waals surface area contributed by atoms with Crippen LogP contribution in [0.4, 0.5) is 5.69 Å². The number of aryl methyl sites for hydroxylation is 2. The number of benzene rings is 1. The van der Waals surface area contributed by atoms with Crippen LogP contribution in [0.15, 0.2) is 22.7 Å². The van der Waals surface area contributed by atoms with Crippen LogP contribution in [0, 0.1) is 13.8 Å². The zero-order valence-electron chi connectivity index (χ0n) is 15.0. The second-order valence-corrected chi connectivity index (χ2v) is 7.20. The number of amides is 1. The molecule has 1 saturated heterocycles. The van der Waals surface area contributed by atoms with E-state index in [0.717, 1.165) is 25.0 Å². The number of carbonyl (C=O) groups excluding carboxylic acids is 1. The molecule has 1 unspecified atom stereocenters. The summed E-state index contributed by atoms with van der Waals surface area (Å²) in [5.74, 6) is 2.52. The Morgan fingerprint density at radius 2 is 2.31 bits per heavy atom. The second-order valence-electron chi connectivity index (χ2n) is 6.22. The summed E-state index contributed by atoms with van der Waals surface area (Å²) in [5, 5.41) is 6.73. The van der Waals surface area contributed by atoms with Crippen molar-refractivity contribution in [3.8, 4) is 5.75 Å². The third-order valence-corrected chi connectivity index (χ3v) is 4.82. The minimum atomic E-state index is -0.0963. The average molecular weight is 377 g/mol. The molecule has 0 spiro atoms. The molecule has 2 aromatic rings. The Kier molecular flexibility index (Phi) is 6.51. The number of hydrogen-bond acceptors (Lipinski definition) is 7. The van der Waals surface area contributed by atoms with E-state index in [2.05, 4.69) is 15.5 Å². The highest BCUT2D eigenvalue weighted by molar-refractivity contribution is 7.99. The van der Waals surface area contributed by atoms with E-state index < -0.39 is 0 Å². The van der Waals surface area contributed by atoms with Crippen molar-refractivity contribution in [3.05, 3.63) is 35.5 Å². The summed E-state index contributed by atoms with van der Waals surface area (Å²) in [5.41, 5.74) is 1.75. The van der Waals surface area contributed by atoms with Crippen molar-refractivity contribution in [2.24, 2.45) is 0 Å². The first kappa shape index (κ1) is 18.7. The number of hydrogen-bond donors (Lipinski definition) is 1. The van der Waals surface area contributed by atoms with E-state index in [0.29, 0.717) is 41.3 Å². The van der Waals surface area contributed by atoms with Crippen LogP contribution in [-0.4, -0.2) is 41.1 Å². The second kappa shape index (κ2) is 9.05. The van der Waals surface area contributed by atoms with E-state index >= 15 is 0 Å². The number of aromatic nitrogens is 2. The van der Waals surface area contributed by atoms with Crippen molar-refractivity contribution in [3.63, 3.8) is 0 Å². The number of rotatable bonds is 8. The Bertz CT molecular complexity index is 744. The van der Waals surface area contributed by atoms with Gasteiger partial charge in [0.25, 0.3) is 0 Å². The number of nitrogens with zero attached hydrogens (tertiary/aromatic N) is 2. The Balaban J connectivity index is 1.51. The largest absolute Gasteiger partial charge is 0.489 e. The van der Waals surface area contributed by atoms with Crippen molar-refractivity contribution >= 4 is 23.4 Å². The van der Waals surface area contributed by atoms with Gasteiger partial charge in [-0.2, -0.15) is 4.98 Å². The predicted molar refractivity (Wildman–Crippen MR) is 99.5 cm³/mol. The fourth-order valence-corrected chi connectivity index (χ4v) is 3.29. The fraction of sp³-hybridized carbons (Fsp3) is 0.500. The summed E-state index contributed by atoms with van der Waals surface area (Å²) in [6, 6.07) is 5.74. The molecule has 2 heterocycles. The zero-order chi connectivity index (χ0) is 18.4. The minimum Gasteiger partial charge on any atom is -0.489 e. The lowest BCUT2D eigenvalue weighted by atomic mass is 10.2. The highest BCUT2D eigenvalue weighted by Crippen LogP contribution is 2.27. The maximum absolute atomic E-state index is 12.2. The topological polar surface area (TPSA) is 86.5 Å². The Labute approximate surface area is 156 Å². The molecule has 0 radical (unpaired) electrons. The predicted octanol–water partition coefficient (Wildman–Crippen LogP) is 3.12. The Hall–Kier alpha value is -2.06. The maximum atomic E-state index is 12.2. The summed E-state index contributed by atoms with van der Waals surface area (Å²) in [4.78, 5) is 16.3. The summed E-state index contributed by atoms with van der Waals surface area (Å²) < 4.78 is 16.4. The van der Waals surface area contributed by atoms with Gasteiger partial charge in [0.15, 0.2) is 5.82 Å². The molecule has 3 rings (SSSR count). The van der Waals surface area contributed by atoms with Gasteiger partial charge in [0.1, 0.15) is 12.4 Å². The molecule has 8 heteroatoms. The number of thioether (sulfide) groups is 1. The molecule has 1 fully saturated rings. The van der Waals surface area contributed by atoms with Gasteiger partial charge in [0.05, 0.1) is 23.3 Å². The zero-order valence-corrected chi connectivity index (χ0v) is 15.8. The van der Waals surface area contributed by atoms with Crippen molar-refractivity contribution in [1.29, 1.82) is 0 Å². The molecule has 1 N–H and O–H groups in total. The van der Waals surface area contributed by atoms with E-state index in [4.69, 9.17) is 14.0 Å². The van der Waals surface area contributed by atoms with Crippen LogP contribution in [0.5, 0.6) is 5.75 Å². The van der Waals surface area contributed by atoms with E-state index in [1.807, 2.05) is 25.1 Å². The molecule has 1 atom stereocenters. The SMILES string of the molecule is Cc1ccc(NC(=O)CSCc2noc(C)n2)c(OCC2CCCO2)c1. The van der Waals surface area contributed by atoms with Crippen molar-refractivity contribution in [1.82, 2.24) is 10.1 Å². The van der Waals surface area contributed by atoms with Crippen molar-refractivity contribution in [2.75, 3.05) is 24.3 Å². The molecule has 1 aliphatic heterocycles. The highest BCUT2D eigenvalue weighted by atomic mass is 32.2. The normalized spacial score (nSPS) is 16.6. The minimum absolute atomic E-state index is 0.0963. The molecule has 1 aromatic carbocycles. The fourth-order valence-electron chi connectivity index (χ4n) is 2.63. The number of nitrogens with one attached hydrogen (secondary N) is 1. The van der Waals surface area contributed by atoms with E-state index in [-0.39, 0.29) is 12.0 Å². The average Bonchev–Trinajstić information content (AvgIpc) is 3.27. The first-order valence-corrected chi connectivity index (χ1v) is 9.77. The molecule has 0 aliphatic carbocycles. The lowest BCUT2D eigenvalue weighted by Gasteiger charge is -2.16. The van der Waals surface area contributed by atoms with Gasteiger partial charge < -0.3 is 19.3 Å². The van der Waals surface area contributed by atoms with Gasteiger partial charge in [-0.15, -0.1) is 11.8 Å². The molecule has 26 heavy (non-hydrogen) atoms. The Morgan fingerprint density at radius 1 is 1.42 bits per heavy atom. The van der Waals surface area contributed by atoms with Crippen LogP contribution in [0.2, 0.25) is 0 Å². The number of ether oxygens (including phenoxy) is 2. The summed E-state index contributed by atoms with van der Waals surface area (Å²) >= 11 is 1.43. The summed E-state index contributed by atoms with van der Waals surface area (Å²) in [7, 11) is 0. The van der Waals surface area contributed by atoms with Gasteiger partial charge in [-0.3, -0.25) is 4.79 Å². The van der Waals surface area contributed by atoms with Crippen molar-refractivity contribution < 1.29 is 18.8 Å². The monoisotopic (exact) mass is 377 g/mol. The van der Waals surface area contributed by atoms with Gasteiger partial charge in [-0.25, -0.2) is 0 Å². The molecule has 0 saturated carbocycles. The quantitative estimate of drug-likeness (QED) is 0.756.